The summed E-state index contributed by atoms with van der Waals surface area (Å²) in [5, 5.41) is 0. The Morgan fingerprint density at radius 3 is 2.23 bits per heavy atom. The van der Waals surface area contributed by atoms with Gasteiger partial charge in [0.15, 0.2) is 0 Å². The van der Waals surface area contributed by atoms with E-state index in [4.69, 9.17) is 4.74 Å². The summed E-state index contributed by atoms with van der Waals surface area (Å²) in [5.41, 5.74) is 2.64. The van der Waals surface area contributed by atoms with Gasteiger partial charge in [0.25, 0.3) is 0 Å². The lowest BCUT2D eigenvalue weighted by molar-refractivity contribution is 0.0764. The quantitative estimate of drug-likeness (QED) is 0.687. The van der Waals surface area contributed by atoms with Gasteiger partial charge in [0.05, 0.1) is 6.10 Å². The second-order valence-corrected chi connectivity index (χ2v) is 3.19. The second-order valence-electron chi connectivity index (χ2n) is 3.19. The summed E-state index contributed by atoms with van der Waals surface area (Å²) in [5.74, 6) is 0. The molecule has 0 bridgehead atoms. The lowest BCUT2D eigenvalue weighted by Crippen LogP contribution is -1.99. The Morgan fingerprint density at radius 1 is 1.15 bits per heavy atom. The Labute approximate surface area is 80.7 Å². The number of hydrogen-bond donors (Lipinski definition) is 0. The van der Waals surface area contributed by atoms with Crippen LogP contribution in [0.15, 0.2) is 24.3 Å². The van der Waals surface area contributed by atoms with Crippen molar-refractivity contribution in [1.29, 1.82) is 0 Å². The molecule has 1 nitrogen and oxygen atoms in total. The maximum Gasteiger partial charge on any atom is 0.0796 e. The van der Waals surface area contributed by atoms with Crippen molar-refractivity contribution in [2.24, 2.45) is 0 Å². The van der Waals surface area contributed by atoms with Gasteiger partial charge >= 0.3 is 0 Å². The molecule has 0 radical (unpaired) electrons. The molecule has 13 heavy (non-hydrogen) atoms. The highest BCUT2D eigenvalue weighted by Gasteiger charge is 2.03. The lowest BCUT2D eigenvalue weighted by Gasteiger charge is -2.11. The number of aryl methyl sites for hydroxylation is 1. The van der Waals surface area contributed by atoms with Crippen LogP contribution in [0.2, 0.25) is 0 Å². The molecule has 1 atom stereocenters. The standard InChI is InChI=1S/C12H18O/c1-4-11-6-8-12(9-7-11)10(3)13-5-2/h6-10H,4-5H2,1-3H3. The van der Waals surface area contributed by atoms with Gasteiger partial charge < -0.3 is 4.74 Å². The smallest absolute Gasteiger partial charge is 0.0796 e. The minimum atomic E-state index is 0.218. The van der Waals surface area contributed by atoms with Crippen molar-refractivity contribution in [2.75, 3.05) is 6.61 Å². The first-order chi connectivity index (χ1) is 6.27. The maximum atomic E-state index is 5.50. The van der Waals surface area contributed by atoms with Crippen LogP contribution in [0.4, 0.5) is 0 Å². The number of ether oxygens (including phenoxy) is 1. The molecule has 0 heterocycles. The van der Waals surface area contributed by atoms with Gasteiger partial charge in [0, 0.05) is 6.61 Å². The van der Waals surface area contributed by atoms with Crippen molar-refractivity contribution in [2.45, 2.75) is 33.3 Å². The molecule has 1 rings (SSSR count). The van der Waals surface area contributed by atoms with E-state index in [0.29, 0.717) is 0 Å². The minimum absolute atomic E-state index is 0.218. The van der Waals surface area contributed by atoms with Crippen LogP contribution >= 0.6 is 0 Å². The third kappa shape index (κ3) is 2.85. The van der Waals surface area contributed by atoms with Crippen molar-refractivity contribution in [3.8, 4) is 0 Å². The average molecular weight is 178 g/mol. The zero-order valence-corrected chi connectivity index (χ0v) is 8.71. The van der Waals surface area contributed by atoms with E-state index in [1.165, 1.54) is 11.1 Å². The van der Waals surface area contributed by atoms with Gasteiger partial charge in [-0.15, -0.1) is 0 Å². The molecular weight excluding hydrogens is 160 g/mol. The molecule has 0 spiro atoms. The monoisotopic (exact) mass is 178 g/mol. The van der Waals surface area contributed by atoms with E-state index >= 15 is 0 Å². The van der Waals surface area contributed by atoms with Gasteiger partial charge in [-0.3, -0.25) is 0 Å². The van der Waals surface area contributed by atoms with Crippen molar-refractivity contribution >= 4 is 0 Å². The largest absolute Gasteiger partial charge is 0.374 e. The third-order valence-electron chi connectivity index (χ3n) is 2.27. The topological polar surface area (TPSA) is 9.23 Å². The molecule has 0 saturated carbocycles. The Morgan fingerprint density at radius 2 is 1.77 bits per heavy atom. The second kappa shape index (κ2) is 5.03. The van der Waals surface area contributed by atoms with E-state index in [9.17, 15) is 0 Å². The fourth-order valence-corrected chi connectivity index (χ4v) is 1.37. The molecule has 1 unspecified atom stereocenters. The molecule has 72 valence electrons. The molecule has 0 N–H and O–H groups in total. The van der Waals surface area contributed by atoms with Crippen LogP contribution in [-0.2, 0) is 11.2 Å². The van der Waals surface area contributed by atoms with Gasteiger partial charge in [-0.05, 0) is 31.4 Å². The highest BCUT2D eigenvalue weighted by Crippen LogP contribution is 2.16. The summed E-state index contributed by atoms with van der Waals surface area (Å²) >= 11 is 0. The fraction of sp³-hybridized carbons (Fsp3) is 0.500. The van der Waals surface area contributed by atoms with Crippen LogP contribution in [0.5, 0.6) is 0 Å². The molecular formula is C12H18O. The predicted molar refractivity (Wildman–Crippen MR) is 55.9 cm³/mol. The van der Waals surface area contributed by atoms with Crippen molar-refractivity contribution in [3.05, 3.63) is 35.4 Å². The highest BCUT2D eigenvalue weighted by atomic mass is 16.5. The molecule has 1 heteroatoms. The first-order valence-corrected chi connectivity index (χ1v) is 4.98. The number of hydrogen-bond acceptors (Lipinski definition) is 1. The molecule has 1 aromatic carbocycles. The van der Waals surface area contributed by atoms with E-state index in [1.807, 2.05) is 6.92 Å². The summed E-state index contributed by atoms with van der Waals surface area (Å²) in [6.07, 6.45) is 1.32. The Kier molecular flexibility index (Phi) is 3.97. The van der Waals surface area contributed by atoms with E-state index in [-0.39, 0.29) is 6.10 Å². The summed E-state index contributed by atoms with van der Waals surface area (Å²) in [7, 11) is 0. The molecule has 0 aromatic heterocycles. The Balaban J connectivity index is 2.67. The van der Waals surface area contributed by atoms with Gasteiger partial charge in [-0.25, -0.2) is 0 Å². The molecule has 0 aliphatic rings. The van der Waals surface area contributed by atoms with Crippen LogP contribution in [0.1, 0.15) is 38.0 Å². The Hall–Kier alpha value is -0.820. The molecule has 0 amide bonds. The summed E-state index contributed by atoms with van der Waals surface area (Å²) in [6, 6.07) is 8.65. The van der Waals surface area contributed by atoms with E-state index in [2.05, 4.69) is 38.1 Å². The molecule has 0 fully saturated rings. The zero-order chi connectivity index (χ0) is 9.68. The van der Waals surface area contributed by atoms with Crippen molar-refractivity contribution < 1.29 is 4.74 Å². The van der Waals surface area contributed by atoms with Crippen LogP contribution in [0.25, 0.3) is 0 Å². The van der Waals surface area contributed by atoms with Gasteiger partial charge in [-0.2, -0.15) is 0 Å². The average Bonchev–Trinajstić information content (AvgIpc) is 2.18. The summed E-state index contributed by atoms with van der Waals surface area (Å²) in [4.78, 5) is 0. The van der Waals surface area contributed by atoms with Crippen LogP contribution in [-0.4, -0.2) is 6.61 Å². The van der Waals surface area contributed by atoms with Gasteiger partial charge in [0.1, 0.15) is 0 Å². The molecule has 0 aliphatic heterocycles. The highest BCUT2D eigenvalue weighted by molar-refractivity contribution is 5.23. The van der Waals surface area contributed by atoms with Crippen molar-refractivity contribution in [1.82, 2.24) is 0 Å². The van der Waals surface area contributed by atoms with Crippen LogP contribution < -0.4 is 0 Å². The van der Waals surface area contributed by atoms with E-state index in [0.717, 1.165) is 13.0 Å². The maximum absolute atomic E-state index is 5.50. The molecule has 0 aliphatic carbocycles. The molecule has 0 saturated heterocycles. The normalized spacial score (nSPS) is 12.8. The first kappa shape index (κ1) is 10.3. The lowest BCUT2D eigenvalue weighted by atomic mass is 10.1. The van der Waals surface area contributed by atoms with Gasteiger partial charge in [-0.1, -0.05) is 31.2 Å². The fourth-order valence-electron chi connectivity index (χ4n) is 1.37. The summed E-state index contributed by atoms with van der Waals surface area (Å²) < 4.78 is 5.50. The van der Waals surface area contributed by atoms with Crippen LogP contribution in [0.3, 0.4) is 0 Å². The van der Waals surface area contributed by atoms with Crippen LogP contribution in [0, 0.1) is 0 Å². The predicted octanol–water partition coefficient (Wildman–Crippen LogP) is 3.35. The van der Waals surface area contributed by atoms with Gasteiger partial charge in [0.2, 0.25) is 0 Å². The van der Waals surface area contributed by atoms with E-state index < -0.39 is 0 Å². The first-order valence-electron chi connectivity index (χ1n) is 4.98. The van der Waals surface area contributed by atoms with E-state index in [1.54, 1.807) is 0 Å². The minimum Gasteiger partial charge on any atom is -0.374 e. The zero-order valence-electron chi connectivity index (χ0n) is 8.71. The summed E-state index contributed by atoms with van der Waals surface area (Å²) in [6.45, 7) is 7.05. The Bertz CT molecular complexity index is 238. The third-order valence-corrected chi connectivity index (χ3v) is 2.27. The SMILES string of the molecule is CCOC(C)c1ccc(CC)cc1. The molecule has 1 aromatic rings. The number of benzene rings is 1. The van der Waals surface area contributed by atoms with Crippen molar-refractivity contribution in [3.63, 3.8) is 0 Å². The number of rotatable bonds is 4.